The Kier molecular flexibility index (Phi) is 5.86. The lowest BCUT2D eigenvalue weighted by atomic mass is 9.98. The van der Waals surface area contributed by atoms with Crippen molar-refractivity contribution in [3.63, 3.8) is 0 Å². The van der Waals surface area contributed by atoms with E-state index in [0.717, 1.165) is 26.2 Å². The number of morpholine rings is 1. The molecule has 1 aliphatic rings. The highest BCUT2D eigenvalue weighted by Crippen LogP contribution is 2.21. The van der Waals surface area contributed by atoms with Crippen molar-refractivity contribution in [2.24, 2.45) is 0 Å². The summed E-state index contributed by atoms with van der Waals surface area (Å²) in [5.74, 6) is 0.644. The van der Waals surface area contributed by atoms with Crippen LogP contribution in [0.15, 0.2) is 24.3 Å². The molecule has 0 amide bonds. The lowest BCUT2D eigenvalue weighted by molar-refractivity contribution is 0.0731. The molecule has 0 saturated carbocycles. The van der Waals surface area contributed by atoms with Crippen LogP contribution in [0, 0.1) is 0 Å². The van der Waals surface area contributed by atoms with Crippen molar-refractivity contribution in [1.29, 1.82) is 0 Å². The van der Waals surface area contributed by atoms with Gasteiger partial charge in [-0.1, -0.05) is 26.0 Å². The van der Waals surface area contributed by atoms with Crippen LogP contribution in [-0.2, 0) is 4.74 Å². The third-order valence-electron chi connectivity index (χ3n) is 4.14. The van der Waals surface area contributed by atoms with E-state index >= 15 is 0 Å². The summed E-state index contributed by atoms with van der Waals surface area (Å²) in [6.45, 7) is 9.40. The molecule has 2 N–H and O–H groups in total. The zero-order valence-corrected chi connectivity index (χ0v) is 13.0. The Hall–Kier alpha value is -1.06. The molecule has 0 aromatic heterocycles. The van der Waals surface area contributed by atoms with Crippen LogP contribution in [0.3, 0.4) is 0 Å². The molecule has 1 fully saturated rings. The first-order valence-electron chi connectivity index (χ1n) is 7.86. The van der Waals surface area contributed by atoms with Crippen molar-refractivity contribution in [1.82, 2.24) is 5.32 Å². The minimum absolute atomic E-state index is 0.448. The zero-order valence-electron chi connectivity index (χ0n) is 13.0. The maximum absolute atomic E-state index is 5.50. The van der Waals surface area contributed by atoms with E-state index in [0.29, 0.717) is 18.0 Å². The molecule has 1 aromatic carbocycles. The van der Waals surface area contributed by atoms with Gasteiger partial charge in [-0.15, -0.1) is 0 Å². The van der Waals surface area contributed by atoms with Gasteiger partial charge in [-0.25, -0.2) is 0 Å². The number of hydrogen-bond acceptors (Lipinski definition) is 3. The van der Waals surface area contributed by atoms with Crippen molar-refractivity contribution in [3.8, 4) is 0 Å². The molecule has 1 heterocycles. The molecule has 1 aliphatic heterocycles. The smallest absolute Gasteiger partial charge is 0.0621 e. The number of hydrogen-bond donors (Lipinski definition) is 2. The highest BCUT2D eigenvalue weighted by atomic mass is 16.5. The molecule has 112 valence electrons. The third kappa shape index (κ3) is 4.50. The van der Waals surface area contributed by atoms with Crippen LogP contribution in [0.5, 0.6) is 0 Å². The van der Waals surface area contributed by atoms with E-state index in [1.165, 1.54) is 17.7 Å². The Balaban J connectivity index is 1.82. The molecule has 0 bridgehead atoms. The van der Waals surface area contributed by atoms with E-state index < -0.39 is 0 Å². The van der Waals surface area contributed by atoms with Gasteiger partial charge >= 0.3 is 0 Å². The normalized spacial score (nSPS) is 22.2. The summed E-state index contributed by atoms with van der Waals surface area (Å²) < 4.78 is 5.50. The fourth-order valence-electron chi connectivity index (χ4n) is 2.68. The summed E-state index contributed by atoms with van der Waals surface area (Å²) in [5.41, 5.74) is 2.63. The molecule has 0 aliphatic carbocycles. The van der Waals surface area contributed by atoms with Crippen LogP contribution >= 0.6 is 0 Å². The van der Waals surface area contributed by atoms with Crippen molar-refractivity contribution < 1.29 is 4.74 Å². The Morgan fingerprint density at radius 3 is 2.65 bits per heavy atom. The minimum Gasteiger partial charge on any atom is -0.383 e. The van der Waals surface area contributed by atoms with Gasteiger partial charge in [-0.05, 0) is 43.4 Å². The maximum Gasteiger partial charge on any atom is 0.0621 e. The minimum atomic E-state index is 0.448. The molecule has 3 unspecified atom stereocenters. The summed E-state index contributed by atoms with van der Waals surface area (Å²) in [7, 11) is 0. The van der Waals surface area contributed by atoms with Crippen LogP contribution in [0.4, 0.5) is 5.69 Å². The number of ether oxygens (including phenoxy) is 1. The highest BCUT2D eigenvalue weighted by molar-refractivity contribution is 5.45. The van der Waals surface area contributed by atoms with Gasteiger partial charge in [-0.2, -0.15) is 0 Å². The Morgan fingerprint density at radius 1 is 1.30 bits per heavy atom. The zero-order chi connectivity index (χ0) is 14.4. The maximum atomic E-state index is 5.50. The van der Waals surface area contributed by atoms with Crippen LogP contribution in [-0.4, -0.2) is 31.8 Å². The molecule has 1 saturated heterocycles. The second-order valence-corrected chi connectivity index (χ2v) is 5.94. The number of benzene rings is 1. The molecular weight excluding hydrogens is 248 g/mol. The molecule has 3 nitrogen and oxygen atoms in total. The molecule has 1 aromatic rings. The number of anilines is 1. The van der Waals surface area contributed by atoms with Crippen molar-refractivity contribution >= 4 is 5.69 Å². The fourth-order valence-corrected chi connectivity index (χ4v) is 2.68. The SMILES string of the molecule is CCC(C)c1ccc(NC(C)CC2COCCN2)cc1. The number of rotatable bonds is 6. The lowest BCUT2D eigenvalue weighted by Gasteiger charge is -2.27. The predicted molar refractivity (Wildman–Crippen MR) is 85.5 cm³/mol. The topological polar surface area (TPSA) is 33.3 Å². The van der Waals surface area contributed by atoms with Crippen LogP contribution in [0.25, 0.3) is 0 Å². The van der Waals surface area contributed by atoms with Gasteiger partial charge in [0.05, 0.1) is 13.2 Å². The fraction of sp³-hybridized carbons (Fsp3) is 0.647. The third-order valence-corrected chi connectivity index (χ3v) is 4.14. The van der Waals surface area contributed by atoms with Gasteiger partial charge in [0, 0.05) is 24.3 Å². The van der Waals surface area contributed by atoms with Gasteiger partial charge < -0.3 is 15.4 Å². The first-order valence-corrected chi connectivity index (χ1v) is 7.86. The molecule has 0 spiro atoms. The summed E-state index contributed by atoms with van der Waals surface area (Å²) in [4.78, 5) is 0. The van der Waals surface area contributed by atoms with Gasteiger partial charge in [0.25, 0.3) is 0 Å². The average molecular weight is 276 g/mol. The molecular formula is C17H28N2O. The summed E-state index contributed by atoms with van der Waals surface area (Å²) in [6, 6.07) is 9.80. The van der Waals surface area contributed by atoms with E-state index in [9.17, 15) is 0 Å². The molecule has 3 atom stereocenters. The summed E-state index contributed by atoms with van der Waals surface area (Å²) in [6.07, 6.45) is 2.28. The summed E-state index contributed by atoms with van der Waals surface area (Å²) >= 11 is 0. The Labute approximate surface area is 123 Å². The first-order chi connectivity index (χ1) is 9.69. The Bertz CT molecular complexity index is 384. The van der Waals surface area contributed by atoms with Gasteiger partial charge in [-0.3, -0.25) is 0 Å². The largest absolute Gasteiger partial charge is 0.383 e. The summed E-state index contributed by atoms with van der Waals surface area (Å²) in [5, 5.41) is 7.08. The predicted octanol–water partition coefficient (Wildman–Crippen LogP) is 3.38. The van der Waals surface area contributed by atoms with E-state index in [2.05, 4.69) is 55.7 Å². The van der Waals surface area contributed by atoms with E-state index in [1.807, 2.05) is 0 Å². The van der Waals surface area contributed by atoms with E-state index in [-0.39, 0.29) is 0 Å². The second-order valence-electron chi connectivity index (χ2n) is 5.94. The van der Waals surface area contributed by atoms with Gasteiger partial charge in [0.15, 0.2) is 0 Å². The van der Waals surface area contributed by atoms with Gasteiger partial charge in [0.2, 0.25) is 0 Å². The highest BCUT2D eigenvalue weighted by Gasteiger charge is 2.16. The van der Waals surface area contributed by atoms with Crippen LogP contribution < -0.4 is 10.6 Å². The van der Waals surface area contributed by atoms with Crippen molar-refractivity contribution in [3.05, 3.63) is 29.8 Å². The van der Waals surface area contributed by atoms with Crippen LogP contribution in [0.1, 0.15) is 45.1 Å². The molecule has 20 heavy (non-hydrogen) atoms. The van der Waals surface area contributed by atoms with E-state index in [1.54, 1.807) is 0 Å². The van der Waals surface area contributed by atoms with Gasteiger partial charge in [0.1, 0.15) is 0 Å². The molecule has 3 heteroatoms. The number of nitrogens with one attached hydrogen (secondary N) is 2. The quantitative estimate of drug-likeness (QED) is 0.835. The molecule has 0 radical (unpaired) electrons. The monoisotopic (exact) mass is 276 g/mol. The van der Waals surface area contributed by atoms with Crippen molar-refractivity contribution in [2.45, 2.75) is 51.6 Å². The first kappa shape index (κ1) is 15.3. The molecule has 2 rings (SSSR count). The standard InChI is InChI=1S/C17H28N2O/c1-4-13(2)15-5-7-16(8-6-15)19-14(3)11-17-12-20-10-9-18-17/h5-8,13-14,17-19H,4,9-12H2,1-3H3. The van der Waals surface area contributed by atoms with Crippen molar-refractivity contribution in [2.75, 3.05) is 25.1 Å². The Morgan fingerprint density at radius 2 is 2.05 bits per heavy atom. The van der Waals surface area contributed by atoms with Crippen LogP contribution in [0.2, 0.25) is 0 Å². The average Bonchev–Trinajstić information content (AvgIpc) is 2.48. The lowest BCUT2D eigenvalue weighted by Crippen LogP contribution is -2.43. The second kappa shape index (κ2) is 7.65. The van der Waals surface area contributed by atoms with E-state index in [4.69, 9.17) is 4.74 Å².